The van der Waals surface area contributed by atoms with Gasteiger partial charge in [0, 0.05) is 18.6 Å². The molecule has 1 saturated heterocycles. The lowest BCUT2D eigenvalue weighted by Crippen LogP contribution is -2.49. The van der Waals surface area contributed by atoms with Gasteiger partial charge in [-0.05, 0) is 58.0 Å². The highest BCUT2D eigenvalue weighted by atomic mass is 32.3. The van der Waals surface area contributed by atoms with Crippen molar-refractivity contribution < 1.29 is 0 Å². The van der Waals surface area contributed by atoms with Crippen LogP contribution >= 0.6 is 20.6 Å². The Balaban J connectivity index is 3.02. The van der Waals surface area contributed by atoms with Crippen molar-refractivity contribution in [1.82, 2.24) is 8.02 Å². The first-order chi connectivity index (χ1) is 8.12. The molecule has 4 heteroatoms. The predicted molar refractivity (Wildman–Crippen MR) is 91.8 cm³/mol. The van der Waals surface area contributed by atoms with E-state index in [1.54, 1.807) is 0 Å². The lowest BCUT2D eigenvalue weighted by molar-refractivity contribution is 0.212. The second-order valence-corrected chi connectivity index (χ2v) is 14.2. The summed E-state index contributed by atoms with van der Waals surface area (Å²) >= 11 is 0. The molecule has 1 fully saturated rings. The summed E-state index contributed by atoms with van der Waals surface area (Å²) in [5.41, 5.74) is 0. The molecule has 0 saturated carbocycles. The topological polar surface area (TPSA) is 6.48 Å². The number of hydrogen-bond acceptors (Lipinski definition) is 2. The lowest BCUT2D eigenvalue weighted by Gasteiger charge is -2.61. The molecule has 0 amide bonds. The van der Waals surface area contributed by atoms with E-state index in [4.69, 9.17) is 0 Å². The van der Waals surface area contributed by atoms with Crippen LogP contribution in [-0.4, -0.2) is 57.9 Å². The van der Waals surface area contributed by atoms with Crippen molar-refractivity contribution in [3.63, 3.8) is 0 Å². The van der Waals surface area contributed by atoms with Crippen LogP contribution in [0.5, 0.6) is 0 Å². The van der Waals surface area contributed by atoms with Crippen LogP contribution in [0.25, 0.3) is 0 Å². The third-order valence-corrected chi connectivity index (χ3v) is 10.9. The zero-order chi connectivity index (χ0) is 14.1. The van der Waals surface area contributed by atoms with E-state index in [9.17, 15) is 0 Å². The zero-order valence-electron chi connectivity index (χ0n) is 13.7. The number of piperidine rings is 1. The first-order valence-corrected chi connectivity index (χ1v) is 12.3. The van der Waals surface area contributed by atoms with Gasteiger partial charge in [-0.25, -0.2) is 3.71 Å². The van der Waals surface area contributed by atoms with Crippen molar-refractivity contribution >= 4 is 20.6 Å². The van der Waals surface area contributed by atoms with Gasteiger partial charge in [0.15, 0.2) is 0 Å². The SMILES string of the molecule is CCN(S(C)(C)C)S(C)(C)N1C(C)CCCC1C. The Bertz CT molecular complexity index is 263. The van der Waals surface area contributed by atoms with E-state index in [-0.39, 0.29) is 0 Å². The molecule has 0 aliphatic carbocycles. The largest absolute Gasteiger partial charge is 0.250 e. The highest BCUT2D eigenvalue weighted by Gasteiger charge is 2.39. The Morgan fingerprint density at radius 3 is 1.78 bits per heavy atom. The smallest absolute Gasteiger partial charge is 0.0173 e. The van der Waals surface area contributed by atoms with Gasteiger partial charge in [0.1, 0.15) is 0 Å². The second kappa shape index (κ2) is 5.94. The van der Waals surface area contributed by atoms with Gasteiger partial charge < -0.3 is 0 Å². The second-order valence-electron chi connectivity index (χ2n) is 6.63. The maximum absolute atomic E-state index is 2.85. The molecule has 0 aromatic rings. The predicted octanol–water partition coefficient (Wildman–Crippen LogP) is 4.07. The van der Waals surface area contributed by atoms with Gasteiger partial charge in [0.25, 0.3) is 0 Å². The van der Waals surface area contributed by atoms with E-state index >= 15 is 0 Å². The molecule has 0 radical (unpaired) electrons. The third kappa shape index (κ3) is 3.38. The van der Waals surface area contributed by atoms with Gasteiger partial charge in [-0.3, -0.25) is 4.31 Å². The summed E-state index contributed by atoms with van der Waals surface area (Å²) in [5.74, 6) is 0. The Morgan fingerprint density at radius 2 is 1.44 bits per heavy atom. The van der Waals surface area contributed by atoms with Gasteiger partial charge in [-0.1, -0.05) is 13.3 Å². The summed E-state index contributed by atoms with van der Waals surface area (Å²) in [7, 11) is -1.47. The van der Waals surface area contributed by atoms with Crippen molar-refractivity contribution in [2.24, 2.45) is 0 Å². The molecule has 1 rings (SSSR count). The molecule has 2 atom stereocenters. The van der Waals surface area contributed by atoms with Gasteiger partial charge in [0.05, 0.1) is 0 Å². The summed E-state index contributed by atoms with van der Waals surface area (Å²) in [6.07, 6.45) is 16.5. The Labute approximate surface area is 119 Å². The molecule has 0 aromatic carbocycles. The number of hydrogen-bond donors (Lipinski definition) is 0. The molecule has 0 N–H and O–H groups in total. The van der Waals surface area contributed by atoms with Crippen LogP contribution in [0.15, 0.2) is 0 Å². The maximum Gasteiger partial charge on any atom is 0.0173 e. The zero-order valence-corrected chi connectivity index (χ0v) is 15.3. The van der Waals surface area contributed by atoms with Crippen LogP contribution < -0.4 is 0 Å². The maximum atomic E-state index is 2.85. The number of nitrogens with zero attached hydrogens (tertiary/aromatic N) is 2. The van der Waals surface area contributed by atoms with Crippen molar-refractivity contribution in [1.29, 1.82) is 0 Å². The summed E-state index contributed by atoms with van der Waals surface area (Å²) in [5, 5.41) is 0. The van der Waals surface area contributed by atoms with Crippen LogP contribution in [0.4, 0.5) is 0 Å². The molecule has 1 aliphatic heterocycles. The monoisotopic (exact) mass is 294 g/mol. The standard InChI is InChI=1S/C14H34N2S2/c1-9-15(17(4,5)6)18(7,8)16-13(2)11-10-12-14(16)3/h13-14H,9-12H2,1-8H3. The van der Waals surface area contributed by atoms with Crippen LogP contribution in [-0.2, 0) is 0 Å². The van der Waals surface area contributed by atoms with E-state index in [0.717, 1.165) is 12.1 Å². The minimum absolute atomic E-state index is 0.640. The fourth-order valence-electron chi connectivity index (χ4n) is 3.63. The first kappa shape index (κ1) is 16.7. The molecule has 112 valence electrons. The van der Waals surface area contributed by atoms with Crippen molar-refractivity contribution in [3.05, 3.63) is 0 Å². The molecule has 0 aromatic heterocycles. The summed E-state index contributed by atoms with van der Waals surface area (Å²) in [6.45, 7) is 8.36. The minimum Gasteiger partial charge on any atom is -0.250 e. The fraction of sp³-hybridized carbons (Fsp3) is 1.00. The van der Waals surface area contributed by atoms with Crippen LogP contribution in [0.3, 0.4) is 0 Å². The molecule has 18 heavy (non-hydrogen) atoms. The molecule has 0 spiro atoms. The molecule has 2 unspecified atom stereocenters. The fourth-order valence-corrected chi connectivity index (χ4v) is 11.8. The average Bonchev–Trinajstić information content (AvgIpc) is 2.14. The highest BCUT2D eigenvalue weighted by molar-refractivity contribution is 8.43. The quantitative estimate of drug-likeness (QED) is 0.771. The van der Waals surface area contributed by atoms with Crippen LogP contribution in [0.1, 0.15) is 40.0 Å². The van der Waals surface area contributed by atoms with E-state index in [2.05, 4.69) is 60.1 Å². The van der Waals surface area contributed by atoms with E-state index in [1.807, 2.05) is 0 Å². The molecule has 0 bridgehead atoms. The van der Waals surface area contributed by atoms with Crippen LogP contribution in [0, 0.1) is 0 Å². The summed E-state index contributed by atoms with van der Waals surface area (Å²) in [4.78, 5) is 0. The van der Waals surface area contributed by atoms with E-state index < -0.39 is 20.6 Å². The van der Waals surface area contributed by atoms with E-state index in [0.29, 0.717) is 0 Å². The average molecular weight is 295 g/mol. The normalized spacial score (nSPS) is 29.6. The van der Waals surface area contributed by atoms with Crippen molar-refractivity contribution in [2.75, 3.05) is 37.8 Å². The Hall–Kier alpha value is 0.620. The molecule has 1 heterocycles. The molecular weight excluding hydrogens is 260 g/mol. The minimum atomic E-state index is -0.827. The van der Waals surface area contributed by atoms with Gasteiger partial charge in [0.2, 0.25) is 0 Å². The Kier molecular flexibility index (Phi) is 5.50. The Morgan fingerprint density at radius 1 is 1.00 bits per heavy atom. The van der Waals surface area contributed by atoms with Crippen molar-refractivity contribution in [3.8, 4) is 0 Å². The molecule has 2 nitrogen and oxygen atoms in total. The first-order valence-electron chi connectivity index (χ1n) is 7.10. The van der Waals surface area contributed by atoms with Gasteiger partial charge in [-0.15, -0.1) is 10.4 Å². The molecule has 1 aliphatic rings. The highest BCUT2D eigenvalue weighted by Crippen LogP contribution is 2.62. The van der Waals surface area contributed by atoms with Gasteiger partial charge >= 0.3 is 0 Å². The summed E-state index contributed by atoms with van der Waals surface area (Å²) < 4.78 is 5.65. The van der Waals surface area contributed by atoms with Crippen LogP contribution in [0.2, 0.25) is 0 Å². The lowest BCUT2D eigenvalue weighted by atomic mass is 10.0. The molecular formula is C14H34N2S2. The van der Waals surface area contributed by atoms with Crippen molar-refractivity contribution in [2.45, 2.75) is 52.1 Å². The summed E-state index contributed by atoms with van der Waals surface area (Å²) in [6, 6.07) is 1.49. The van der Waals surface area contributed by atoms with E-state index in [1.165, 1.54) is 25.8 Å². The third-order valence-electron chi connectivity index (χ3n) is 4.00. The van der Waals surface area contributed by atoms with Gasteiger partial charge in [-0.2, -0.15) is 10.2 Å². The number of rotatable bonds is 4.